The van der Waals surface area contributed by atoms with Crippen molar-refractivity contribution in [3.05, 3.63) is 25.3 Å². The van der Waals surface area contributed by atoms with Gasteiger partial charge in [0.05, 0.1) is 0 Å². The molecule has 0 spiro atoms. The molecule has 0 saturated heterocycles. The van der Waals surface area contributed by atoms with Crippen molar-refractivity contribution in [1.82, 2.24) is 0 Å². The minimum absolute atomic E-state index is 0.118. The molecule has 0 heterocycles. The molecule has 0 aromatic carbocycles. The molecule has 0 N–H and O–H groups in total. The molecule has 4 nitrogen and oxygen atoms in total. The third kappa shape index (κ3) is 5.45. The Balaban J connectivity index is 2.71. The third-order valence-electron chi connectivity index (χ3n) is 3.10. The van der Waals surface area contributed by atoms with E-state index in [1.54, 1.807) is 12.2 Å². The van der Waals surface area contributed by atoms with E-state index < -0.39 is 5.79 Å². The van der Waals surface area contributed by atoms with Crippen molar-refractivity contribution in [3.63, 3.8) is 0 Å². The van der Waals surface area contributed by atoms with E-state index in [4.69, 9.17) is 19.6 Å². The number of hydrogen-bond acceptors (Lipinski definition) is 4. The van der Waals surface area contributed by atoms with Crippen LogP contribution in [0.4, 0.5) is 0 Å². The smallest absolute Gasteiger partial charge is 0.229 e. The summed E-state index contributed by atoms with van der Waals surface area (Å²) in [7, 11) is 0. The largest absolute Gasteiger partial charge is 0.234 e. The van der Waals surface area contributed by atoms with Crippen LogP contribution in [0.25, 0.3) is 0 Å². The summed E-state index contributed by atoms with van der Waals surface area (Å²) in [6.07, 6.45) is 5.86. The first-order chi connectivity index (χ1) is 8.93. The van der Waals surface area contributed by atoms with E-state index in [1.165, 1.54) is 0 Å². The Bertz CT molecular complexity index is 285. The van der Waals surface area contributed by atoms with Gasteiger partial charge in [-0.3, -0.25) is 0 Å². The molecule has 0 aromatic heterocycles. The van der Waals surface area contributed by atoms with Gasteiger partial charge < -0.3 is 0 Å². The van der Waals surface area contributed by atoms with E-state index in [2.05, 4.69) is 33.9 Å². The molecule has 1 fully saturated rings. The van der Waals surface area contributed by atoms with Gasteiger partial charge in [0.25, 0.3) is 0 Å². The summed E-state index contributed by atoms with van der Waals surface area (Å²) < 4.78 is 0. The molecular formula is C15H26O4. The summed E-state index contributed by atoms with van der Waals surface area (Å²) in [5.74, 6) is -0.379. The van der Waals surface area contributed by atoms with Crippen LogP contribution >= 0.6 is 0 Å². The molecule has 1 saturated carbocycles. The molecule has 0 amide bonds. The maximum Gasteiger partial charge on any atom is 0.234 e. The molecule has 0 aromatic rings. The van der Waals surface area contributed by atoms with E-state index in [-0.39, 0.29) is 5.41 Å². The topological polar surface area (TPSA) is 36.9 Å². The Morgan fingerprint density at radius 3 is 2.00 bits per heavy atom. The highest BCUT2D eigenvalue weighted by molar-refractivity contribution is 4.88. The Kier molecular flexibility index (Phi) is 6.20. The van der Waals surface area contributed by atoms with Gasteiger partial charge in [-0.05, 0) is 17.8 Å². The molecular weight excluding hydrogens is 244 g/mol. The predicted octanol–water partition coefficient (Wildman–Crippen LogP) is 3.80. The Hall–Kier alpha value is -0.680. The maximum atomic E-state index is 5.51. The van der Waals surface area contributed by atoms with Crippen LogP contribution in [0.5, 0.6) is 0 Å². The van der Waals surface area contributed by atoms with Crippen molar-refractivity contribution in [2.24, 2.45) is 11.3 Å². The van der Waals surface area contributed by atoms with Crippen molar-refractivity contribution in [3.8, 4) is 0 Å². The number of rotatable bonds is 8. The Labute approximate surface area is 116 Å². The van der Waals surface area contributed by atoms with Crippen LogP contribution in [0, 0.1) is 11.3 Å². The molecule has 1 aliphatic carbocycles. The van der Waals surface area contributed by atoms with Gasteiger partial charge in [-0.2, -0.15) is 9.78 Å². The van der Waals surface area contributed by atoms with E-state index in [0.29, 0.717) is 19.1 Å². The van der Waals surface area contributed by atoms with Gasteiger partial charge in [0.1, 0.15) is 13.2 Å². The lowest BCUT2D eigenvalue weighted by atomic mass is 9.70. The van der Waals surface area contributed by atoms with Crippen molar-refractivity contribution >= 4 is 0 Å². The molecule has 0 bridgehead atoms. The van der Waals surface area contributed by atoms with Gasteiger partial charge in [-0.15, -0.1) is 13.2 Å². The SMILES string of the molecule is C=CCOOC1(OOCC=C)CC(C)CC(C)(C)C1. The normalized spacial score (nSPS) is 24.9. The summed E-state index contributed by atoms with van der Waals surface area (Å²) in [6.45, 7) is 14.4. The fourth-order valence-corrected chi connectivity index (χ4v) is 2.94. The zero-order valence-corrected chi connectivity index (χ0v) is 12.3. The van der Waals surface area contributed by atoms with Crippen molar-refractivity contribution < 1.29 is 19.6 Å². The van der Waals surface area contributed by atoms with Crippen molar-refractivity contribution in [2.45, 2.75) is 45.8 Å². The summed E-state index contributed by atoms with van der Waals surface area (Å²) in [6, 6.07) is 0. The van der Waals surface area contributed by atoms with E-state index >= 15 is 0 Å². The van der Waals surface area contributed by atoms with Crippen LogP contribution in [0.1, 0.15) is 40.0 Å². The first-order valence-electron chi connectivity index (χ1n) is 6.76. The van der Waals surface area contributed by atoms with Crippen LogP contribution in [0.15, 0.2) is 25.3 Å². The minimum atomic E-state index is -0.854. The van der Waals surface area contributed by atoms with Gasteiger partial charge in [0.2, 0.25) is 5.79 Å². The van der Waals surface area contributed by atoms with Gasteiger partial charge >= 0.3 is 0 Å². The summed E-state index contributed by atoms with van der Waals surface area (Å²) in [5.41, 5.74) is 0.118. The molecule has 1 rings (SSSR count). The lowest BCUT2D eigenvalue weighted by Crippen LogP contribution is -2.46. The maximum absolute atomic E-state index is 5.51. The lowest BCUT2D eigenvalue weighted by molar-refractivity contribution is -0.519. The van der Waals surface area contributed by atoms with Crippen molar-refractivity contribution in [2.75, 3.05) is 13.2 Å². The minimum Gasteiger partial charge on any atom is -0.229 e. The monoisotopic (exact) mass is 270 g/mol. The molecule has 0 aliphatic heterocycles. The van der Waals surface area contributed by atoms with Crippen LogP contribution in [-0.2, 0) is 19.6 Å². The summed E-state index contributed by atoms with van der Waals surface area (Å²) >= 11 is 0. The zero-order valence-electron chi connectivity index (χ0n) is 12.3. The molecule has 4 heteroatoms. The van der Waals surface area contributed by atoms with E-state index in [9.17, 15) is 0 Å². The second kappa shape index (κ2) is 7.20. The molecule has 1 atom stereocenters. The Morgan fingerprint density at radius 1 is 1.05 bits per heavy atom. The fraction of sp³-hybridized carbons (Fsp3) is 0.733. The first kappa shape index (κ1) is 16.4. The van der Waals surface area contributed by atoms with Crippen LogP contribution in [-0.4, -0.2) is 19.0 Å². The highest BCUT2D eigenvalue weighted by atomic mass is 17.3. The summed E-state index contributed by atoms with van der Waals surface area (Å²) in [4.78, 5) is 21.3. The van der Waals surface area contributed by atoms with Crippen LogP contribution < -0.4 is 0 Å². The highest BCUT2D eigenvalue weighted by Gasteiger charge is 2.47. The second-order valence-corrected chi connectivity index (χ2v) is 6.08. The van der Waals surface area contributed by atoms with E-state index in [0.717, 1.165) is 19.3 Å². The van der Waals surface area contributed by atoms with Crippen LogP contribution in [0.2, 0.25) is 0 Å². The Morgan fingerprint density at radius 2 is 1.58 bits per heavy atom. The molecule has 19 heavy (non-hydrogen) atoms. The molecule has 1 unspecified atom stereocenters. The van der Waals surface area contributed by atoms with Gasteiger partial charge in [0, 0.05) is 12.8 Å². The number of hydrogen-bond donors (Lipinski definition) is 0. The first-order valence-corrected chi connectivity index (χ1v) is 6.76. The van der Waals surface area contributed by atoms with Crippen LogP contribution in [0.3, 0.4) is 0 Å². The van der Waals surface area contributed by atoms with Gasteiger partial charge in [0.15, 0.2) is 0 Å². The third-order valence-corrected chi connectivity index (χ3v) is 3.10. The predicted molar refractivity (Wildman–Crippen MR) is 74.0 cm³/mol. The standard InChI is InChI=1S/C15H26O4/c1-6-8-16-18-15(19-17-9-7-2)11-13(3)10-14(4,5)12-15/h6-7,13H,1-2,8-12H2,3-5H3. The van der Waals surface area contributed by atoms with Gasteiger partial charge in [-0.1, -0.05) is 32.9 Å². The molecule has 110 valence electrons. The highest BCUT2D eigenvalue weighted by Crippen LogP contribution is 2.46. The van der Waals surface area contributed by atoms with E-state index in [1.807, 2.05) is 0 Å². The molecule has 1 aliphatic rings. The summed E-state index contributed by atoms with van der Waals surface area (Å²) in [5, 5.41) is 0. The van der Waals surface area contributed by atoms with Crippen molar-refractivity contribution in [1.29, 1.82) is 0 Å². The fourth-order valence-electron chi connectivity index (χ4n) is 2.94. The molecule has 0 radical (unpaired) electrons. The quantitative estimate of drug-likeness (QED) is 0.221. The lowest BCUT2D eigenvalue weighted by Gasteiger charge is -2.44. The zero-order chi connectivity index (χ0) is 14.4. The second-order valence-electron chi connectivity index (χ2n) is 6.08. The average molecular weight is 270 g/mol. The van der Waals surface area contributed by atoms with Gasteiger partial charge in [-0.25, -0.2) is 9.78 Å². The average Bonchev–Trinajstić information content (AvgIpc) is 2.27.